The second-order valence-electron chi connectivity index (χ2n) is 6.45. The van der Waals surface area contributed by atoms with Gasteiger partial charge in [-0.25, -0.2) is 10.2 Å². The monoisotopic (exact) mass is 395 g/mol. The molecule has 150 valence electrons. The van der Waals surface area contributed by atoms with Crippen molar-refractivity contribution in [1.29, 1.82) is 0 Å². The molecular formula is C21H21N3O5. The van der Waals surface area contributed by atoms with Crippen LogP contribution >= 0.6 is 0 Å². The molecule has 1 saturated heterocycles. The Kier molecular flexibility index (Phi) is 6.23. The summed E-state index contributed by atoms with van der Waals surface area (Å²) in [6.45, 7) is 0.292. The number of rotatable bonds is 6. The van der Waals surface area contributed by atoms with Gasteiger partial charge in [-0.15, -0.1) is 0 Å². The molecule has 1 aliphatic rings. The van der Waals surface area contributed by atoms with E-state index >= 15 is 0 Å². The largest absolute Gasteiger partial charge is 0.497 e. The third-order valence-electron chi connectivity index (χ3n) is 4.60. The summed E-state index contributed by atoms with van der Waals surface area (Å²) >= 11 is 0. The normalized spacial score (nSPS) is 16.1. The Morgan fingerprint density at radius 1 is 1.10 bits per heavy atom. The molecular weight excluding hydrogens is 374 g/mol. The van der Waals surface area contributed by atoms with Gasteiger partial charge in [-0.05, 0) is 42.0 Å². The summed E-state index contributed by atoms with van der Waals surface area (Å²) in [6, 6.07) is 13.7. The molecule has 1 heterocycles. The number of hydrogen-bond donors (Lipinski definition) is 1. The molecule has 1 aliphatic heterocycles. The minimum absolute atomic E-state index is 0.113. The fraction of sp³-hybridized carbons (Fsp3) is 0.238. The average molecular weight is 395 g/mol. The zero-order chi connectivity index (χ0) is 20.8. The molecule has 2 aromatic carbocycles. The van der Waals surface area contributed by atoms with Crippen molar-refractivity contribution in [2.45, 2.75) is 6.42 Å². The lowest BCUT2D eigenvalue weighted by molar-refractivity contribution is -0.126. The number of methoxy groups -OCH3 is 2. The molecule has 1 N–H and O–H groups in total. The van der Waals surface area contributed by atoms with Gasteiger partial charge < -0.3 is 14.4 Å². The maximum Gasteiger partial charge on any atom is 0.337 e. The van der Waals surface area contributed by atoms with Gasteiger partial charge >= 0.3 is 5.97 Å². The van der Waals surface area contributed by atoms with Crippen LogP contribution in [0.2, 0.25) is 0 Å². The molecule has 2 amide bonds. The van der Waals surface area contributed by atoms with E-state index in [-0.39, 0.29) is 18.2 Å². The minimum Gasteiger partial charge on any atom is -0.497 e. The molecule has 0 bridgehead atoms. The number of anilines is 1. The fourth-order valence-corrected chi connectivity index (χ4v) is 2.98. The number of hydrogen-bond acceptors (Lipinski definition) is 6. The van der Waals surface area contributed by atoms with Gasteiger partial charge in [-0.3, -0.25) is 9.59 Å². The van der Waals surface area contributed by atoms with Gasteiger partial charge in [0.05, 0.1) is 31.9 Å². The van der Waals surface area contributed by atoms with Gasteiger partial charge in [-0.2, -0.15) is 5.10 Å². The molecule has 29 heavy (non-hydrogen) atoms. The maximum atomic E-state index is 12.4. The summed E-state index contributed by atoms with van der Waals surface area (Å²) in [4.78, 5) is 37.6. The molecule has 0 aromatic heterocycles. The predicted molar refractivity (Wildman–Crippen MR) is 107 cm³/mol. The number of carbonyl (C=O) groups is 3. The topological polar surface area (TPSA) is 97.3 Å². The first-order valence-corrected chi connectivity index (χ1v) is 8.97. The van der Waals surface area contributed by atoms with E-state index in [1.807, 2.05) is 0 Å². The SMILES string of the molecule is COC(=O)c1ccc(/C=N\NC(=O)[C@@H]2CC(=O)N(c3ccc(OC)cc3)C2)cc1. The standard InChI is InChI=1S/C21H21N3O5/c1-28-18-9-7-17(8-10-18)24-13-16(11-19(24)25)20(26)23-22-12-14-3-5-15(6-4-14)21(27)29-2/h3-10,12,16H,11,13H2,1-2H3,(H,23,26)/b22-12-/t16-/m1/s1. The lowest BCUT2D eigenvalue weighted by Gasteiger charge is -2.16. The van der Waals surface area contributed by atoms with E-state index in [1.165, 1.54) is 13.3 Å². The van der Waals surface area contributed by atoms with Crippen LogP contribution in [0.1, 0.15) is 22.3 Å². The van der Waals surface area contributed by atoms with Crippen LogP contribution in [0.15, 0.2) is 53.6 Å². The van der Waals surface area contributed by atoms with E-state index in [1.54, 1.807) is 60.5 Å². The molecule has 0 radical (unpaired) electrons. The molecule has 1 fully saturated rings. The molecule has 0 spiro atoms. The highest BCUT2D eigenvalue weighted by atomic mass is 16.5. The third kappa shape index (κ3) is 4.78. The molecule has 0 unspecified atom stereocenters. The van der Waals surface area contributed by atoms with Gasteiger partial charge in [0, 0.05) is 18.7 Å². The summed E-state index contributed by atoms with van der Waals surface area (Å²) in [6.07, 6.45) is 1.60. The molecule has 8 nitrogen and oxygen atoms in total. The molecule has 8 heteroatoms. The van der Waals surface area contributed by atoms with E-state index < -0.39 is 11.9 Å². The van der Waals surface area contributed by atoms with Crippen LogP contribution in [0.4, 0.5) is 5.69 Å². The highest BCUT2D eigenvalue weighted by Crippen LogP contribution is 2.26. The quantitative estimate of drug-likeness (QED) is 0.458. The van der Waals surface area contributed by atoms with E-state index in [9.17, 15) is 14.4 Å². The summed E-state index contributed by atoms with van der Waals surface area (Å²) in [7, 11) is 2.89. The van der Waals surface area contributed by atoms with Crippen molar-refractivity contribution < 1.29 is 23.9 Å². The number of carbonyl (C=O) groups excluding carboxylic acids is 3. The van der Waals surface area contributed by atoms with Gasteiger partial charge in [0.2, 0.25) is 11.8 Å². The maximum absolute atomic E-state index is 12.4. The minimum atomic E-state index is -0.483. The van der Waals surface area contributed by atoms with Gasteiger partial charge in [-0.1, -0.05) is 12.1 Å². The second-order valence-corrected chi connectivity index (χ2v) is 6.45. The summed E-state index contributed by atoms with van der Waals surface area (Å²) in [5.41, 5.74) is 4.33. The fourth-order valence-electron chi connectivity index (χ4n) is 2.98. The number of nitrogens with one attached hydrogen (secondary N) is 1. The number of hydrazone groups is 1. The Hall–Kier alpha value is -3.68. The Morgan fingerprint density at radius 2 is 1.79 bits per heavy atom. The predicted octanol–water partition coefficient (Wildman–Crippen LogP) is 1.98. The zero-order valence-corrected chi connectivity index (χ0v) is 16.1. The van der Waals surface area contributed by atoms with E-state index in [2.05, 4.69) is 15.3 Å². The van der Waals surface area contributed by atoms with Crippen LogP contribution in [0.5, 0.6) is 5.75 Å². The number of amides is 2. The first-order valence-electron chi connectivity index (χ1n) is 8.97. The third-order valence-corrected chi connectivity index (χ3v) is 4.60. The van der Waals surface area contributed by atoms with Crippen LogP contribution in [0.25, 0.3) is 0 Å². The molecule has 0 aliphatic carbocycles. The van der Waals surface area contributed by atoms with Crippen molar-refractivity contribution in [3.8, 4) is 5.75 Å². The smallest absolute Gasteiger partial charge is 0.337 e. The summed E-state index contributed by atoms with van der Waals surface area (Å²) in [5.74, 6) is -0.643. The van der Waals surface area contributed by atoms with E-state index in [4.69, 9.17) is 4.74 Å². The van der Waals surface area contributed by atoms with Crippen molar-refractivity contribution in [3.05, 3.63) is 59.7 Å². The van der Waals surface area contributed by atoms with Crippen molar-refractivity contribution in [1.82, 2.24) is 5.43 Å². The highest BCUT2D eigenvalue weighted by molar-refractivity contribution is 6.00. The van der Waals surface area contributed by atoms with Crippen LogP contribution in [-0.4, -0.2) is 44.8 Å². The summed E-state index contributed by atoms with van der Waals surface area (Å²) < 4.78 is 9.76. The van der Waals surface area contributed by atoms with Gasteiger partial charge in [0.15, 0.2) is 0 Å². The van der Waals surface area contributed by atoms with Gasteiger partial charge in [0.25, 0.3) is 0 Å². The lowest BCUT2D eigenvalue weighted by atomic mass is 10.1. The zero-order valence-electron chi connectivity index (χ0n) is 16.1. The Morgan fingerprint density at radius 3 is 2.41 bits per heavy atom. The first-order chi connectivity index (χ1) is 14.0. The first kappa shape index (κ1) is 20.1. The van der Waals surface area contributed by atoms with Crippen molar-refractivity contribution in [2.75, 3.05) is 25.7 Å². The summed E-state index contributed by atoms with van der Waals surface area (Å²) in [5, 5.41) is 3.94. The molecule has 0 saturated carbocycles. The Bertz CT molecular complexity index is 922. The Labute approximate surface area is 168 Å². The number of nitrogens with zero attached hydrogens (tertiary/aromatic N) is 2. The van der Waals surface area contributed by atoms with Crippen LogP contribution in [0, 0.1) is 5.92 Å². The van der Waals surface area contributed by atoms with Crippen molar-refractivity contribution in [2.24, 2.45) is 11.0 Å². The molecule has 2 aromatic rings. The second kappa shape index (κ2) is 9.01. The Balaban J connectivity index is 1.56. The highest BCUT2D eigenvalue weighted by Gasteiger charge is 2.35. The number of ether oxygens (including phenoxy) is 2. The van der Waals surface area contributed by atoms with Crippen LogP contribution in [0.3, 0.4) is 0 Å². The van der Waals surface area contributed by atoms with Crippen molar-refractivity contribution >= 4 is 29.7 Å². The number of esters is 1. The average Bonchev–Trinajstić information content (AvgIpc) is 3.15. The number of benzene rings is 2. The lowest BCUT2D eigenvalue weighted by Crippen LogP contribution is -2.30. The van der Waals surface area contributed by atoms with Gasteiger partial charge in [0.1, 0.15) is 5.75 Å². The van der Waals surface area contributed by atoms with Crippen LogP contribution in [-0.2, 0) is 14.3 Å². The molecule has 1 atom stereocenters. The molecule has 3 rings (SSSR count). The van der Waals surface area contributed by atoms with Crippen LogP contribution < -0.4 is 15.1 Å². The van der Waals surface area contributed by atoms with E-state index in [0.717, 1.165) is 5.69 Å². The van der Waals surface area contributed by atoms with Crippen molar-refractivity contribution in [3.63, 3.8) is 0 Å². The van der Waals surface area contributed by atoms with E-state index in [0.29, 0.717) is 23.4 Å².